The van der Waals surface area contributed by atoms with Gasteiger partial charge in [-0.25, -0.2) is 0 Å². The first kappa shape index (κ1) is 27.5. The molecule has 0 spiro atoms. The number of hydrogen-bond donors (Lipinski definition) is 0. The van der Waals surface area contributed by atoms with Gasteiger partial charge in [0.2, 0.25) is 0 Å². The third-order valence-corrected chi connectivity index (χ3v) is 5.06. The molecule has 176 valence electrons. The third-order valence-electron chi connectivity index (χ3n) is 5.06. The molecule has 0 radical (unpaired) electrons. The van der Waals surface area contributed by atoms with E-state index in [-0.39, 0.29) is 75.6 Å². The molecule has 2 amide bonds. The standard InChI is InChI=1S/C24H33NO7/c1-4-12-29-14-6-7-21(10-15-30-13-5-2)20(3)22(26)19-32-18-17-31-16-11-25-23(27)8-9-24(25)28/h1-2,8-9,20-21H,6-7,10-19H2,3H3/t20-,21-/m0/s1. The molecular formula is C24H33NO7. The lowest BCUT2D eigenvalue weighted by molar-refractivity contribution is -0.138. The molecule has 1 aliphatic rings. The van der Waals surface area contributed by atoms with Crippen LogP contribution in [0, 0.1) is 36.5 Å². The van der Waals surface area contributed by atoms with Crippen molar-refractivity contribution in [1.82, 2.24) is 4.90 Å². The molecule has 32 heavy (non-hydrogen) atoms. The first-order valence-electron chi connectivity index (χ1n) is 10.7. The highest BCUT2D eigenvalue weighted by atomic mass is 16.5. The van der Waals surface area contributed by atoms with Crippen molar-refractivity contribution in [2.75, 3.05) is 59.4 Å². The predicted octanol–water partition coefficient (Wildman–Crippen LogP) is 1.24. The van der Waals surface area contributed by atoms with Crippen LogP contribution in [-0.2, 0) is 33.3 Å². The highest BCUT2D eigenvalue weighted by Gasteiger charge is 2.24. The molecule has 0 aromatic heterocycles. The van der Waals surface area contributed by atoms with Crippen LogP contribution >= 0.6 is 0 Å². The Morgan fingerprint density at radius 2 is 1.53 bits per heavy atom. The van der Waals surface area contributed by atoms with Gasteiger partial charge in [-0.15, -0.1) is 12.8 Å². The Morgan fingerprint density at radius 3 is 2.19 bits per heavy atom. The summed E-state index contributed by atoms with van der Waals surface area (Å²) in [5, 5.41) is 0. The first-order valence-corrected chi connectivity index (χ1v) is 10.7. The highest BCUT2D eigenvalue weighted by Crippen LogP contribution is 2.23. The van der Waals surface area contributed by atoms with Gasteiger partial charge in [0.1, 0.15) is 19.8 Å². The van der Waals surface area contributed by atoms with Gasteiger partial charge < -0.3 is 18.9 Å². The summed E-state index contributed by atoms with van der Waals surface area (Å²) in [5.74, 6) is 4.12. The Morgan fingerprint density at radius 1 is 0.906 bits per heavy atom. The summed E-state index contributed by atoms with van der Waals surface area (Å²) in [6.45, 7) is 4.37. The maximum Gasteiger partial charge on any atom is 0.253 e. The zero-order chi connectivity index (χ0) is 23.6. The van der Waals surface area contributed by atoms with Crippen molar-refractivity contribution in [3.63, 3.8) is 0 Å². The predicted molar refractivity (Wildman–Crippen MR) is 118 cm³/mol. The quantitative estimate of drug-likeness (QED) is 0.167. The smallest absolute Gasteiger partial charge is 0.253 e. The largest absolute Gasteiger partial charge is 0.377 e. The van der Waals surface area contributed by atoms with Crippen LogP contribution in [0.3, 0.4) is 0 Å². The lowest BCUT2D eigenvalue weighted by Gasteiger charge is -2.23. The number of carbonyl (C=O) groups is 3. The van der Waals surface area contributed by atoms with Gasteiger partial charge in [-0.2, -0.15) is 0 Å². The molecule has 8 heteroatoms. The molecule has 0 N–H and O–H groups in total. The Labute approximate surface area is 190 Å². The molecule has 2 atom stereocenters. The van der Waals surface area contributed by atoms with Crippen LogP contribution in [0.15, 0.2) is 12.2 Å². The normalized spacial score (nSPS) is 14.9. The number of ether oxygens (including phenoxy) is 4. The minimum atomic E-state index is -0.337. The van der Waals surface area contributed by atoms with E-state index in [1.807, 2.05) is 6.92 Å². The molecule has 0 fully saturated rings. The summed E-state index contributed by atoms with van der Waals surface area (Å²) in [4.78, 5) is 36.5. The fourth-order valence-corrected chi connectivity index (χ4v) is 3.18. The Balaban J connectivity index is 2.25. The van der Waals surface area contributed by atoms with Crippen molar-refractivity contribution >= 4 is 17.6 Å². The van der Waals surface area contributed by atoms with Gasteiger partial charge in [-0.1, -0.05) is 18.8 Å². The third kappa shape index (κ3) is 11.2. The fraction of sp³-hybridized carbons (Fsp3) is 0.625. The molecule has 0 saturated carbocycles. The SMILES string of the molecule is C#CCOCCC[C@@H](CCOCC#C)[C@H](C)C(=O)COCCOCCN1C(=O)C=CC1=O. The zero-order valence-corrected chi connectivity index (χ0v) is 18.8. The summed E-state index contributed by atoms with van der Waals surface area (Å²) in [6.07, 6.45) is 15.2. The van der Waals surface area contributed by atoms with E-state index in [0.29, 0.717) is 13.2 Å². The topological polar surface area (TPSA) is 91.4 Å². The summed E-state index contributed by atoms with van der Waals surface area (Å²) in [5.41, 5.74) is 0. The Kier molecular flexibility index (Phi) is 14.7. The van der Waals surface area contributed by atoms with Crippen LogP contribution < -0.4 is 0 Å². The number of rotatable bonds is 19. The molecular weight excluding hydrogens is 414 g/mol. The second kappa shape index (κ2) is 17.1. The van der Waals surface area contributed by atoms with Crippen molar-refractivity contribution in [3.8, 4) is 24.7 Å². The summed E-state index contributed by atoms with van der Waals surface area (Å²) >= 11 is 0. The van der Waals surface area contributed by atoms with Crippen molar-refractivity contribution in [3.05, 3.63) is 12.2 Å². The Hall–Kier alpha value is -2.49. The van der Waals surface area contributed by atoms with Crippen LogP contribution in [0.4, 0.5) is 0 Å². The van der Waals surface area contributed by atoms with Gasteiger partial charge in [0.05, 0.1) is 26.4 Å². The average Bonchev–Trinajstić information content (AvgIpc) is 3.11. The van der Waals surface area contributed by atoms with Gasteiger partial charge in [-0.3, -0.25) is 19.3 Å². The van der Waals surface area contributed by atoms with Gasteiger partial charge in [0.25, 0.3) is 11.8 Å². The minimum absolute atomic E-state index is 0.00709. The number of hydrogen-bond acceptors (Lipinski definition) is 7. The van der Waals surface area contributed by atoms with E-state index in [1.54, 1.807) is 0 Å². The van der Waals surface area contributed by atoms with Crippen molar-refractivity contribution in [2.24, 2.45) is 11.8 Å². The zero-order valence-electron chi connectivity index (χ0n) is 18.8. The van der Waals surface area contributed by atoms with Crippen LogP contribution in [0.25, 0.3) is 0 Å². The Bertz CT molecular complexity index is 686. The van der Waals surface area contributed by atoms with Crippen molar-refractivity contribution < 1.29 is 33.3 Å². The van der Waals surface area contributed by atoms with Gasteiger partial charge in [0.15, 0.2) is 5.78 Å². The van der Waals surface area contributed by atoms with E-state index in [9.17, 15) is 14.4 Å². The van der Waals surface area contributed by atoms with Crippen molar-refractivity contribution in [1.29, 1.82) is 0 Å². The van der Waals surface area contributed by atoms with Crippen molar-refractivity contribution in [2.45, 2.75) is 26.2 Å². The van der Waals surface area contributed by atoms with Gasteiger partial charge in [0, 0.05) is 31.3 Å². The minimum Gasteiger partial charge on any atom is -0.377 e. The van der Waals surface area contributed by atoms with Crippen LogP contribution in [0.1, 0.15) is 26.2 Å². The fourth-order valence-electron chi connectivity index (χ4n) is 3.18. The molecule has 8 nitrogen and oxygen atoms in total. The van der Waals surface area contributed by atoms with E-state index < -0.39 is 0 Å². The van der Waals surface area contributed by atoms with E-state index in [1.165, 1.54) is 12.2 Å². The number of Topliss-reactive ketones (excluding diaryl/α,β-unsaturated/α-hetero) is 1. The number of ketones is 1. The molecule has 0 aliphatic carbocycles. The van der Waals surface area contributed by atoms with E-state index in [0.717, 1.165) is 24.2 Å². The van der Waals surface area contributed by atoms with Crippen LogP contribution in [0.2, 0.25) is 0 Å². The molecule has 0 aromatic carbocycles. The lowest BCUT2D eigenvalue weighted by Crippen LogP contribution is -2.33. The molecule has 0 saturated heterocycles. The number of terminal acetylenes is 2. The molecule has 0 unspecified atom stereocenters. The van der Waals surface area contributed by atoms with E-state index in [4.69, 9.17) is 31.8 Å². The number of carbonyl (C=O) groups excluding carboxylic acids is 3. The average molecular weight is 448 g/mol. The molecule has 1 aliphatic heterocycles. The lowest BCUT2D eigenvalue weighted by atomic mass is 9.84. The second-order valence-corrected chi connectivity index (χ2v) is 7.29. The maximum atomic E-state index is 12.6. The molecule has 0 bridgehead atoms. The molecule has 1 heterocycles. The summed E-state index contributed by atoms with van der Waals surface area (Å²) in [6, 6.07) is 0. The monoisotopic (exact) mass is 447 g/mol. The highest BCUT2D eigenvalue weighted by molar-refractivity contribution is 6.12. The van der Waals surface area contributed by atoms with E-state index in [2.05, 4.69) is 11.8 Å². The molecule has 0 aromatic rings. The molecule has 1 rings (SSSR count). The van der Waals surface area contributed by atoms with Gasteiger partial charge >= 0.3 is 0 Å². The van der Waals surface area contributed by atoms with Gasteiger partial charge in [-0.05, 0) is 25.2 Å². The number of imide groups is 1. The maximum absolute atomic E-state index is 12.6. The van der Waals surface area contributed by atoms with Crippen LogP contribution in [0.5, 0.6) is 0 Å². The first-order chi connectivity index (χ1) is 15.5. The van der Waals surface area contributed by atoms with E-state index >= 15 is 0 Å². The number of amides is 2. The van der Waals surface area contributed by atoms with Crippen LogP contribution in [-0.4, -0.2) is 81.9 Å². The summed E-state index contributed by atoms with van der Waals surface area (Å²) < 4.78 is 21.5. The second-order valence-electron chi connectivity index (χ2n) is 7.29. The number of nitrogens with zero attached hydrogens (tertiary/aromatic N) is 1. The summed E-state index contributed by atoms with van der Waals surface area (Å²) in [7, 11) is 0.